The van der Waals surface area contributed by atoms with Crippen LogP contribution in [0.2, 0.25) is 0 Å². The molecule has 0 saturated carbocycles. The highest BCUT2D eigenvalue weighted by Crippen LogP contribution is 2.13. The van der Waals surface area contributed by atoms with Crippen LogP contribution in [0.5, 0.6) is 0 Å². The van der Waals surface area contributed by atoms with E-state index < -0.39 is 0 Å². The van der Waals surface area contributed by atoms with Gasteiger partial charge in [0.15, 0.2) is 0 Å². The topological polar surface area (TPSA) is 38.0 Å². The number of thiophene rings is 1. The van der Waals surface area contributed by atoms with Crippen LogP contribution in [0.3, 0.4) is 0 Å². The van der Waals surface area contributed by atoms with Gasteiger partial charge in [-0.05, 0) is 37.1 Å². The molecule has 1 heterocycles. The summed E-state index contributed by atoms with van der Waals surface area (Å²) in [4.78, 5) is 1.43. The minimum Gasteiger partial charge on any atom is -0.271 e. The van der Waals surface area contributed by atoms with E-state index in [0.717, 1.165) is 31.6 Å². The lowest BCUT2D eigenvalue weighted by molar-refractivity contribution is 0.461. The summed E-state index contributed by atoms with van der Waals surface area (Å²) in [5.41, 5.74) is 2.85. The van der Waals surface area contributed by atoms with Gasteiger partial charge in [0.1, 0.15) is 0 Å². The Bertz CT molecular complexity index is 226. The van der Waals surface area contributed by atoms with E-state index in [9.17, 15) is 0 Å². The molecular formula is C10H17ClN2S. The summed E-state index contributed by atoms with van der Waals surface area (Å²) in [7, 11) is 0. The number of alkyl halides is 1. The summed E-state index contributed by atoms with van der Waals surface area (Å²) in [6.45, 7) is 0. The van der Waals surface area contributed by atoms with Crippen molar-refractivity contribution >= 4 is 22.9 Å². The molecule has 4 heteroatoms. The summed E-state index contributed by atoms with van der Waals surface area (Å²) in [5, 5.41) is 2.11. The average molecular weight is 233 g/mol. The van der Waals surface area contributed by atoms with Gasteiger partial charge in [-0.25, -0.2) is 0 Å². The predicted molar refractivity (Wildman–Crippen MR) is 63.7 cm³/mol. The molecule has 0 spiro atoms. The zero-order valence-electron chi connectivity index (χ0n) is 8.21. The number of hydrogen-bond donors (Lipinski definition) is 2. The first-order valence-electron chi connectivity index (χ1n) is 4.91. The minimum atomic E-state index is 0.399. The van der Waals surface area contributed by atoms with Crippen molar-refractivity contribution in [3.8, 4) is 0 Å². The Morgan fingerprint density at radius 1 is 1.50 bits per heavy atom. The van der Waals surface area contributed by atoms with Crippen molar-refractivity contribution in [2.75, 3.05) is 5.88 Å². The van der Waals surface area contributed by atoms with Crippen molar-refractivity contribution in [2.45, 2.75) is 31.7 Å². The normalized spacial score (nSPS) is 13.0. The van der Waals surface area contributed by atoms with Crippen molar-refractivity contribution in [1.29, 1.82) is 0 Å². The third-order valence-electron chi connectivity index (χ3n) is 2.24. The van der Waals surface area contributed by atoms with E-state index in [-0.39, 0.29) is 0 Å². The molecule has 1 unspecified atom stereocenters. The van der Waals surface area contributed by atoms with E-state index >= 15 is 0 Å². The highest BCUT2D eigenvalue weighted by molar-refractivity contribution is 7.09. The summed E-state index contributed by atoms with van der Waals surface area (Å²) >= 11 is 7.44. The van der Waals surface area contributed by atoms with Gasteiger partial charge in [0.2, 0.25) is 0 Å². The predicted octanol–water partition coefficient (Wildman–Crippen LogP) is 2.53. The molecule has 0 saturated heterocycles. The lowest BCUT2D eigenvalue weighted by atomic mass is 10.1. The smallest absolute Gasteiger partial charge is 0.0224 e. The van der Waals surface area contributed by atoms with Crippen LogP contribution in [0.4, 0.5) is 0 Å². The zero-order chi connectivity index (χ0) is 10.2. The van der Waals surface area contributed by atoms with Crippen molar-refractivity contribution in [3.05, 3.63) is 22.4 Å². The van der Waals surface area contributed by atoms with E-state index in [1.165, 1.54) is 4.88 Å². The number of hydrogen-bond acceptors (Lipinski definition) is 3. The fourth-order valence-electron chi connectivity index (χ4n) is 1.41. The number of aryl methyl sites for hydroxylation is 1. The monoisotopic (exact) mass is 232 g/mol. The van der Waals surface area contributed by atoms with Crippen LogP contribution >= 0.6 is 22.9 Å². The van der Waals surface area contributed by atoms with Crippen molar-refractivity contribution in [2.24, 2.45) is 5.84 Å². The molecule has 0 aliphatic rings. The van der Waals surface area contributed by atoms with Gasteiger partial charge in [-0.1, -0.05) is 6.07 Å². The van der Waals surface area contributed by atoms with Gasteiger partial charge < -0.3 is 0 Å². The average Bonchev–Trinajstić information content (AvgIpc) is 2.71. The molecule has 0 amide bonds. The van der Waals surface area contributed by atoms with Crippen molar-refractivity contribution in [3.63, 3.8) is 0 Å². The maximum Gasteiger partial charge on any atom is 0.0224 e. The van der Waals surface area contributed by atoms with Gasteiger partial charge in [-0.3, -0.25) is 11.3 Å². The molecule has 1 aromatic rings. The molecule has 1 aromatic heterocycles. The lowest BCUT2D eigenvalue weighted by Crippen LogP contribution is -2.35. The lowest BCUT2D eigenvalue weighted by Gasteiger charge is -2.14. The molecule has 2 nitrogen and oxygen atoms in total. The number of rotatable bonds is 7. The largest absolute Gasteiger partial charge is 0.271 e. The van der Waals surface area contributed by atoms with Gasteiger partial charge in [0.05, 0.1) is 0 Å². The van der Waals surface area contributed by atoms with Crippen molar-refractivity contribution < 1.29 is 0 Å². The third-order valence-corrected chi connectivity index (χ3v) is 3.44. The Labute approximate surface area is 94.4 Å². The molecule has 0 aliphatic heterocycles. The highest BCUT2D eigenvalue weighted by Gasteiger charge is 2.06. The van der Waals surface area contributed by atoms with Gasteiger partial charge in [0, 0.05) is 16.8 Å². The standard InChI is InChI=1S/C10H17ClN2S/c11-7-1-3-9(13-12)5-6-10-4-2-8-14-10/h2,4,8-9,13H,1,3,5-7,12H2. The van der Waals surface area contributed by atoms with Gasteiger partial charge in [-0.15, -0.1) is 22.9 Å². The van der Waals surface area contributed by atoms with Gasteiger partial charge in [0.25, 0.3) is 0 Å². The van der Waals surface area contributed by atoms with E-state index in [0.29, 0.717) is 6.04 Å². The van der Waals surface area contributed by atoms with Gasteiger partial charge in [-0.2, -0.15) is 0 Å². The molecule has 1 rings (SSSR count). The van der Waals surface area contributed by atoms with E-state index in [4.69, 9.17) is 17.4 Å². The SMILES string of the molecule is NNC(CCCCl)CCc1cccs1. The van der Waals surface area contributed by atoms with E-state index in [1.807, 2.05) is 0 Å². The highest BCUT2D eigenvalue weighted by atomic mass is 35.5. The fraction of sp³-hybridized carbons (Fsp3) is 0.600. The molecule has 0 fully saturated rings. The summed E-state index contributed by atoms with van der Waals surface area (Å²) in [5.74, 6) is 6.18. The molecule has 0 aliphatic carbocycles. The molecular weight excluding hydrogens is 216 g/mol. The molecule has 14 heavy (non-hydrogen) atoms. The van der Waals surface area contributed by atoms with Crippen LogP contribution in [0.15, 0.2) is 17.5 Å². The maximum absolute atomic E-state index is 5.64. The first-order valence-corrected chi connectivity index (χ1v) is 6.32. The van der Waals surface area contributed by atoms with E-state index in [2.05, 4.69) is 22.9 Å². The van der Waals surface area contributed by atoms with Crippen molar-refractivity contribution in [1.82, 2.24) is 5.43 Å². The summed E-state index contributed by atoms with van der Waals surface area (Å²) < 4.78 is 0. The van der Waals surface area contributed by atoms with Crippen LogP contribution in [0, 0.1) is 0 Å². The first kappa shape index (κ1) is 12.0. The van der Waals surface area contributed by atoms with Crippen LogP contribution in [0.1, 0.15) is 24.1 Å². The Hall–Kier alpha value is -0.0900. The van der Waals surface area contributed by atoms with Crippen LogP contribution in [0.25, 0.3) is 0 Å². The van der Waals surface area contributed by atoms with Crippen LogP contribution in [-0.4, -0.2) is 11.9 Å². The second-order valence-corrected chi connectivity index (χ2v) is 4.72. The first-order chi connectivity index (χ1) is 6.86. The van der Waals surface area contributed by atoms with Gasteiger partial charge >= 0.3 is 0 Å². The number of hydrazine groups is 1. The Balaban J connectivity index is 2.20. The Morgan fingerprint density at radius 2 is 2.36 bits per heavy atom. The van der Waals surface area contributed by atoms with Crippen LogP contribution in [-0.2, 0) is 6.42 Å². The molecule has 0 bridgehead atoms. The minimum absolute atomic E-state index is 0.399. The molecule has 3 N–H and O–H groups in total. The van der Waals surface area contributed by atoms with E-state index in [1.54, 1.807) is 11.3 Å². The summed E-state index contributed by atoms with van der Waals surface area (Å²) in [6, 6.07) is 4.65. The Kier molecular flexibility index (Phi) is 6.19. The zero-order valence-corrected chi connectivity index (χ0v) is 9.78. The third kappa shape index (κ3) is 4.42. The quantitative estimate of drug-likeness (QED) is 0.431. The molecule has 0 radical (unpaired) electrons. The number of halogens is 1. The van der Waals surface area contributed by atoms with Crippen LogP contribution < -0.4 is 11.3 Å². The fourth-order valence-corrected chi connectivity index (χ4v) is 2.28. The second-order valence-electron chi connectivity index (χ2n) is 3.31. The number of nitrogens with one attached hydrogen (secondary N) is 1. The maximum atomic E-state index is 5.64. The molecule has 80 valence electrons. The second kappa shape index (κ2) is 7.23. The molecule has 0 aromatic carbocycles. The summed E-state index contributed by atoms with van der Waals surface area (Å²) in [6.07, 6.45) is 4.29. The Morgan fingerprint density at radius 3 is 2.93 bits per heavy atom. The number of nitrogens with two attached hydrogens (primary N) is 1. The molecule has 1 atom stereocenters.